The van der Waals surface area contributed by atoms with Gasteiger partial charge in [-0.05, 0) is 48.2 Å². The summed E-state index contributed by atoms with van der Waals surface area (Å²) in [6.45, 7) is 2.53. The molecule has 0 bridgehead atoms. The van der Waals surface area contributed by atoms with Crippen LogP contribution in [0.25, 0.3) is 0 Å². The van der Waals surface area contributed by atoms with Crippen LogP contribution >= 0.6 is 0 Å². The molecule has 0 atom stereocenters. The molecule has 0 aliphatic heterocycles. The van der Waals surface area contributed by atoms with Crippen LogP contribution in [-0.4, -0.2) is 6.03 Å². The van der Waals surface area contributed by atoms with Crippen LogP contribution in [0, 0.1) is 5.82 Å². The third kappa shape index (κ3) is 5.20. The van der Waals surface area contributed by atoms with Crippen LogP contribution in [-0.2, 0) is 13.0 Å². The fourth-order valence-electron chi connectivity index (χ4n) is 2.10. The van der Waals surface area contributed by atoms with E-state index in [2.05, 4.69) is 17.6 Å². The molecule has 4 heteroatoms. The van der Waals surface area contributed by atoms with Gasteiger partial charge in [-0.15, -0.1) is 0 Å². The molecule has 0 fully saturated rings. The molecule has 0 aromatic heterocycles. The Balaban J connectivity index is 1.80. The minimum atomic E-state index is -0.281. The number of nitrogens with one attached hydrogen (secondary N) is 2. The van der Waals surface area contributed by atoms with Gasteiger partial charge in [-0.1, -0.05) is 37.6 Å². The van der Waals surface area contributed by atoms with E-state index in [1.165, 1.54) is 30.5 Å². The molecule has 0 unspecified atom stereocenters. The van der Waals surface area contributed by atoms with Crippen molar-refractivity contribution in [3.63, 3.8) is 0 Å². The normalized spacial score (nSPS) is 10.3. The summed E-state index contributed by atoms with van der Waals surface area (Å²) in [6, 6.07) is 13.7. The summed E-state index contributed by atoms with van der Waals surface area (Å²) in [5, 5.41) is 5.53. The summed E-state index contributed by atoms with van der Waals surface area (Å²) in [7, 11) is 0. The molecular formula is C18H21FN2O. The zero-order chi connectivity index (χ0) is 15.8. The maximum Gasteiger partial charge on any atom is 0.319 e. The summed E-state index contributed by atoms with van der Waals surface area (Å²) < 4.78 is 12.8. The minimum absolute atomic E-state index is 0.273. The Morgan fingerprint density at radius 1 is 1.00 bits per heavy atom. The quantitative estimate of drug-likeness (QED) is 0.811. The van der Waals surface area contributed by atoms with E-state index in [1.54, 1.807) is 12.1 Å². The summed E-state index contributed by atoms with van der Waals surface area (Å²) in [5.74, 6) is -0.281. The zero-order valence-electron chi connectivity index (χ0n) is 12.7. The third-order valence-corrected chi connectivity index (χ3v) is 3.40. The number of amides is 2. The van der Waals surface area contributed by atoms with Crippen LogP contribution in [0.15, 0.2) is 48.5 Å². The second-order valence-corrected chi connectivity index (χ2v) is 5.23. The van der Waals surface area contributed by atoms with Crippen LogP contribution < -0.4 is 10.6 Å². The standard InChI is InChI=1S/C18H21FN2O/c1-2-3-4-14-7-11-17(12-8-14)21-18(22)20-13-15-5-9-16(19)10-6-15/h5-12H,2-4,13H2,1H3,(H2,20,21,22). The van der Waals surface area contributed by atoms with E-state index in [1.807, 2.05) is 24.3 Å². The van der Waals surface area contributed by atoms with Gasteiger partial charge in [0.25, 0.3) is 0 Å². The van der Waals surface area contributed by atoms with Crippen molar-refractivity contribution in [3.05, 3.63) is 65.5 Å². The molecule has 3 nitrogen and oxygen atoms in total. The Labute approximate surface area is 130 Å². The monoisotopic (exact) mass is 300 g/mol. The minimum Gasteiger partial charge on any atom is -0.334 e. The molecule has 2 rings (SSSR count). The Hall–Kier alpha value is -2.36. The number of hydrogen-bond donors (Lipinski definition) is 2. The zero-order valence-corrected chi connectivity index (χ0v) is 12.7. The Bertz CT molecular complexity index is 593. The van der Waals surface area contributed by atoms with Gasteiger partial charge in [-0.25, -0.2) is 9.18 Å². The summed E-state index contributed by atoms with van der Waals surface area (Å²) in [4.78, 5) is 11.8. The highest BCUT2D eigenvalue weighted by Crippen LogP contribution is 2.11. The Morgan fingerprint density at radius 2 is 1.64 bits per heavy atom. The number of carbonyl (C=O) groups excluding carboxylic acids is 1. The molecule has 0 saturated carbocycles. The number of anilines is 1. The van der Waals surface area contributed by atoms with Crippen molar-refractivity contribution in [1.82, 2.24) is 5.32 Å². The van der Waals surface area contributed by atoms with Crippen LogP contribution in [0.1, 0.15) is 30.9 Å². The van der Waals surface area contributed by atoms with Crippen molar-refractivity contribution in [1.29, 1.82) is 0 Å². The molecule has 116 valence electrons. The van der Waals surface area contributed by atoms with Crippen molar-refractivity contribution in [3.8, 4) is 0 Å². The van der Waals surface area contributed by atoms with Gasteiger partial charge in [0, 0.05) is 12.2 Å². The van der Waals surface area contributed by atoms with Gasteiger partial charge >= 0.3 is 6.03 Å². The van der Waals surface area contributed by atoms with Gasteiger partial charge in [0.15, 0.2) is 0 Å². The predicted octanol–water partition coefficient (Wildman–Crippen LogP) is 4.49. The number of rotatable bonds is 6. The molecule has 2 aromatic rings. The second kappa shape index (κ2) is 8.17. The van der Waals surface area contributed by atoms with Gasteiger partial charge in [-0.2, -0.15) is 0 Å². The van der Waals surface area contributed by atoms with Crippen LogP contribution in [0.2, 0.25) is 0 Å². The van der Waals surface area contributed by atoms with Crippen molar-refractivity contribution in [2.45, 2.75) is 32.7 Å². The molecule has 0 saturated heterocycles. The number of hydrogen-bond acceptors (Lipinski definition) is 1. The molecule has 0 radical (unpaired) electrons. The molecular weight excluding hydrogens is 279 g/mol. The Kier molecular flexibility index (Phi) is 5.95. The predicted molar refractivity (Wildman–Crippen MR) is 87.3 cm³/mol. The summed E-state index contributed by atoms with van der Waals surface area (Å²) in [5.41, 5.74) is 2.89. The first-order chi connectivity index (χ1) is 10.7. The van der Waals surface area contributed by atoms with Crippen LogP contribution in [0.3, 0.4) is 0 Å². The van der Waals surface area contributed by atoms with Gasteiger partial charge in [0.2, 0.25) is 0 Å². The van der Waals surface area contributed by atoms with Crippen molar-refractivity contribution < 1.29 is 9.18 Å². The number of carbonyl (C=O) groups is 1. The van der Waals surface area contributed by atoms with E-state index >= 15 is 0 Å². The smallest absolute Gasteiger partial charge is 0.319 e. The first kappa shape index (κ1) is 16.0. The fourth-order valence-corrected chi connectivity index (χ4v) is 2.10. The average molecular weight is 300 g/mol. The molecule has 0 aliphatic carbocycles. The van der Waals surface area contributed by atoms with Crippen LogP contribution in [0.4, 0.5) is 14.9 Å². The van der Waals surface area contributed by atoms with Gasteiger partial charge < -0.3 is 10.6 Å². The summed E-state index contributed by atoms with van der Waals surface area (Å²) in [6.07, 6.45) is 3.41. The highest BCUT2D eigenvalue weighted by molar-refractivity contribution is 5.89. The molecule has 2 N–H and O–H groups in total. The number of unbranched alkanes of at least 4 members (excludes halogenated alkanes) is 1. The molecule has 0 aliphatic rings. The number of urea groups is 1. The summed E-state index contributed by atoms with van der Waals surface area (Å²) >= 11 is 0. The Morgan fingerprint density at radius 3 is 2.27 bits per heavy atom. The number of aryl methyl sites for hydroxylation is 1. The second-order valence-electron chi connectivity index (χ2n) is 5.23. The lowest BCUT2D eigenvalue weighted by molar-refractivity contribution is 0.251. The lowest BCUT2D eigenvalue weighted by Gasteiger charge is -2.08. The maximum atomic E-state index is 12.8. The fraction of sp³-hybridized carbons (Fsp3) is 0.278. The molecule has 2 amide bonds. The first-order valence-electron chi connectivity index (χ1n) is 7.55. The van der Waals surface area contributed by atoms with Crippen molar-refractivity contribution in [2.24, 2.45) is 0 Å². The molecule has 0 spiro atoms. The third-order valence-electron chi connectivity index (χ3n) is 3.40. The average Bonchev–Trinajstić information content (AvgIpc) is 2.54. The molecule has 0 heterocycles. The molecule has 2 aromatic carbocycles. The number of benzene rings is 2. The van der Waals surface area contributed by atoms with Crippen molar-refractivity contribution in [2.75, 3.05) is 5.32 Å². The molecule has 22 heavy (non-hydrogen) atoms. The topological polar surface area (TPSA) is 41.1 Å². The van der Waals surface area contributed by atoms with E-state index in [4.69, 9.17) is 0 Å². The van der Waals surface area contributed by atoms with Gasteiger partial charge in [0.1, 0.15) is 5.82 Å². The van der Waals surface area contributed by atoms with Crippen LogP contribution in [0.5, 0.6) is 0 Å². The van der Waals surface area contributed by atoms with E-state index in [0.29, 0.717) is 6.54 Å². The maximum absolute atomic E-state index is 12.8. The van der Waals surface area contributed by atoms with E-state index in [-0.39, 0.29) is 11.8 Å². The number of halogens is 1. The highest BCUT2D eigenvalue weighted by atomic mass is 19.1. The van der Waals surface area contributed by atoms with Gasteiger partial charge in [-0.3, -0.25) is 0 Å². The highest BCUT2D eigenvalue weighted by Gasteiger charge is 2.02. The lowest BCUT2D eigenvalue weighted by Crippen LogP contribution is -2.28. The van der Waals surface area contributed by atoms with Gasteiger partial charge in [0.05, 0.1) is 0 Å². The van der Waals surface area contributed by atoms with Crippen molar-refractivity contribution >= 4 is 11.7 Å². The van der Waals surface area contributed by atoms with E-state index < -0.39 is 0 Å². The van der Waals surface area contributed by atoms with E-state index in [0.717, 1.165) is 17.7 Å². The SMILES string of the molecule is CCCCc1ccc(NC(=O)NCc2ccc(F)cc2)cc1. The van der Waals surface area contributed by atoms with E-state index in [9.17, 15) is 9.18 Å². The first-order valence-corrected chi connectivity index (χ1v) is 7.55. The largest absolute Gasteiger partial charge is 0.334 e. The lowest BCUT2D eigenvalue weighted by atomic mass is 10.1.